The molecule has 2 heterocycles. The topological polar surface area (TPSA) is 98.7 Å². The number of carboxylic acid groups (broad SMARTS) is 1. The predicted molar refractivity (Wildman–Crippen MR) is 69.9 cm³/mol. The molecule has 1 saturated heterocycles. The second-order valence-electron chi connectivity index (χ2n) is 4.52. The predicted octanol–water partition coefficient (Wildman–Crippen LogP) is -0.612. The Bertz CT molecular complexity index is 459. The van der Waals surface area contributed by atoms with E-state index in [1.54, 1.807) is 17.2 Å². The number of rotatable bonds is 4. The fourth-order valence-electron chi connectivity index (χ4n) is 2.00. The van der Waals surface area contributed by atoms with Crippen LogP contribution in [0.1, 0.15) is 5.69 Å². The number of nitrogens with zero attached hydrogens (tertiary/aromatic N) is 4. The summed E-state index contributed by atoms with van der Waals surface area (Å²) in [6, 6.07) is 1.59. The van der Waals surface area contributed by atoms with Crippen molar-refractivity contribution in [2.24, 2.45) is 0 Å². The van der Waals surface area contributed by atoms with Gasteiger partial charge < -0.3 is 15.3 Å². The lowest BCUT2D eigenvalue weighted by Gasteiger charge is -2.33. The van der Waals surface area contributed by atoms with Crippen molar-refractivity contribution < 1.29 is 14.7 Å². The number of carbonyl (C=O) groups is 2. The van der Waals surface area contributed by atoms with Crippen LogP contribution in [0.5, 0.6) is 0 Å². The molecule has 1 aromatic heterocycles. The lowest BCUT2D eigenvalue weighted by molar-refractivity contribution is -0.138. The molecule has 108 valence electrons. The molecular formula is C12H17N5O3. The van der Waals surface area contributed by atoms with Crippen LogP contribution < -0.4 is 5.32 Å². The quantitative estimate of drug-likeness (QED) is 0.763. The molecule has 8 heteroatoms. The largest absolute Gasteiger partial charge is 0.480 e. The summed E-state index contributed by atoms with van der Waals surface area (Å²) in [5, 5.41) is 11.5. The lowest BCUT2D eigenvalue weighted by atomic mass is 10.3. The molecule has 0 bridgehead atoms. The second-order valence-corrected chi connectivity index (χ2v) is 4.52. The van der Waals surface area contributed by atoms with Crippen LogP contribution in [0.4, 0.5) is 4.79 Å². The van der Waals surface area contributed by atoms with Crippen molar-refractivity contribution in [2.75, 3.05) is 32.7 Å². The molecule has 1 fully saturated rings. The van der Waals surface area contributed by atoms with E-state index in [0.717, 1.165) is 5.69 Å². The van der Waals surface area contributed by atoms with Gasteiger partial charge in [-0.2, -0.15) is 0 Å². The molecule has 2 rings (SSSR count). The van der Waals surface area contributed by atoms with Gasteiger partial charge in [0.25, 0.3) is 0 Å². The first-order chi connectivity index (χ1) is 9.65. The van der Waals surface area contributed by atoms with E-state index in [0.29, 0.717) is 32.7 Å². The first kappa shape index (κ1) is 14.2. The van der Waals surface area contributed by atoms with Gasteiger partial charge in [0.2, 0.25) is 0 Å². The average molecular weight is 279 g/mol. The average Bonchev–Trinajstić information content (AvgIpc) is 2.46. The summed E-state index contributed by atoms with van der Waals surface area (Å²) in [5.41, 5.74) is 0.748. The highest BCUT2D eigenvalue weighted by Crippen LogP contribution is 2.02. The van der Waals surface area contributed by atoms with Crippen molar-refractivity contribution >= 4 is 12.0 Å². The minimum absolute atomic E-state index is 0.0242. The number of aliphatic carboxylic acids is 1. The van der Waals surface area contributed by atoms with E-state index in [1.165, 1.54) is 6.33 Å². The van der Waals surface area contributed by atoms with Crippen molar-refractivity contribution in [3.8, 4) is 0 Å². The second kappa shape index (κ2) is 6.80. The van der Waals surface area contributed by atoms with Crippen LogP contribution in [-0.4, -0.2) is 69.6 Å². The maximum atomic E-state index is 11.9. The zero-order chi connectivity index (χ0) is 14.4. The number of piperazine rings is 1. The summed E-state index contributed by atoms with van der Waals surface area (Å²) >= 11 is 0. The van der Waals surface area contributed by atoms with Gasteiger partial charge in [-0.3, -0.25) is 9.69 Å². The maximum absolute atomic E-state index is 11.9. The number of hydrogen-bond donors (Lipinski definition) is 2. The van der Waals surface area contributed by atoms with Gasteiger partial charge in [0.15, 0.2) is 0 Å². The molecule has 0 atom stereocenters. The van der Waals surface area contributed by atoms with Crippen molar-refractivity contribution in [3.63, 3.8) is 0 Å². The Morgan fingerprint density at radius 3 is 2.65 bits per heavy atom. The Labute approximate surface area is 116 Å². The minimum atomic E-state index is -0.841. The normalized spacial score (nSPS) is 15.9. The Kier molecular flexibility index (Phi) is 4.83. The number of aromatic nitrogens is 2. The Morgan fingerprint density at radius 1 is 1.30 bits per heavy atom. The third kappa shape index (κ3) is 4.16. The Balaban J connectivity index is 1.73. The van der Waals surface area contributed by atoms with Crippen molar-refractivity contribution in [2.45, 2.75) is 6.54 Å². The molecule has 0 unspecified atom stereocenters. The van der Waals surface area contributed by atoms with E-state index in [9.17, 15) is 9.59 Å². The highest BCUT2D eigenvalue weighted by Gasteiger charge is 2.21. The molecule has 1 aromatic rings. The molecule has 0 spiro atoms. The lowest BCUT2D eigenvalue weighted by Crippen LogP contribution is -2.52. The fraction of sp³-hybridized carbons (Fsp3) is 0.500. The molecule has 20 heavy (non-hydrogen) atoms. The van der Waals surface area contributed by atoms with Crippen LogP contribution in [-0.2, 0) is 11.3 Å². The molecule has 0 saturated carbocycles. The number of amides is 2. The third-order valence-corrected chi connectivity index (χ3v) is 3.08. The number of urea groups is 1. The number of nitrogens with one attached hydrogen (secondary N) is 1. The smallest absolute Gasteiger partial charge is 0.317 e. The highest BCUT2D eigenvalue weighted by molar-refractivity contribution is 5.74. The van der Waals surface area contributed by atoms with Gasteiger partial charge in [-0.05, 0) is 6.07 Å². The number of carboxylic acids is 1. The first-order valence-electron chi connectivity index (χ1n) is 6.37. The number of hydrogen-bond acceptors (Lipinski definition) is 5. The van der Waals surface area contributed by atoms with Crippen molar-refractivity contribution in [3.05, 3.63) is 24.3 Å². The van der Waals surface area contributed by atoms with Crippen molar-refractivity contribution in [1.29, 1.82) is 0 Å². The monoisotopic (exact) mass is 279 g/mol. The van der Waals surface area contributed by atoms with Crippen LogP contribution in [0.2, 0.25) is 0 Å². The van der Waals surface area contributed by atoms with E-state index in [-0.39, 0.29) is 12.6 Å². The van der Waals surface area contributed by atoms with E-state index in [2.05, 4.69) is 15.3 Å². The zero-order valence-electron chi connectivity index (χ0n) is 11.0. The molecule has 1 aliphatic rings. The van der Waals surface area contributed by atoms with Crippen molar-refractivity contribution in [1.82, 2.24) is 25.1 Å². The van der Waals surface area contributed by atoms with Gasteiger partial charge in [-0.15, -0.1) is 0 Å². The van der Waals surface area contributed by atoms with E-state index in [4.69, 9.17) is 5.11 Å². The van der Waals surface area contributed by atoms with Gasteiger partial charge in [-0.25, -0.2) is 14.8 Å². The van der Waals surface area contributed by atoms with Gasteiger partial charge in [-0.1, -0.05) is 0 Å². The molecule has 0 radical (unpaired) electrons. The molecule has 8 nitrogen and oxygen atoms in total. The summed E-state index contributed by atoms with van der Waals surface area (Å²) in [5.74, 6) is -0.841. The fourth-order valence-corrected chi connectivity index (χ4v) is 2.00. The maximum Gasteiger partial charge on any atom is 0.317 e. The first-order valence-corrected chi connectivity index (χ1v) is 6.37. The summed E-state index contributed by atoms with van der Waals surface area (Å²) in [6.07, 6.45) is 3.06. The molecule has 2 amide bonds. The van der Waals surface area contributed by atoms with E-state index in [1.807, 2.05) is 4.90 Å². The van der Waals surface area contributed by atoms with Gasteiger partial charge in [0.1, 0.15) is 6.33 Å². The molecular weight excluding hydrogens is 262 g/mol. The molecule has 0 aromatic carbocycles. The SMILES string of the molecule is O=C(O)CN1CCN(C(=O)NCc2ccncn2)CC1. The number of carbonyl (C=O) groups excluding carboxylic acids is 1. The van der Waals surface area contributed by atoms with Gasteiger partial charge in [0.05, 0.1) is 18.8 Å². The van der Waals surface area contributed by atoms with Gasteiger partial charge >= 0.3 is 12.0 Å². The minimum Gasteiger partial charge on any atom is -0.480 e. The van der Waals surface area contributed by atoms with Crippen LogP contribution in [0.25, 0.3) is 0 Å². The molecule has 2 N–H and O–H groups in total. The Hall–Kier alpha value is -2.22. The van der Waals surface area contributed by atoms with Gasteiger partial charge in [0, 0.05) is 32.4 Å². The summed E-state index contributed by atoms with van der Waals surface area (Å²) < 4.78 is 0. The summed E-state index contributed by atoms with van der Waals surface area (Å²) in [7, 11) is 0. The highest BCUT2D eigenvalue weighted by atomic mass is 16.4. The van der Waals surface area contributed by atoms with E-state index >= 15 is 0 Å². The van der Waals surface area contributed by atoms with Crippen LogP contribution in [0.3, 0.4) is 0 Å². The summed E-state index contributed by atoms with van der Waals surface area (Å²) in [4.78, 5) is 33.9. The zero-order valence-corrected chi connectivity index (χ0v) is 11.0. The van der Waals surface area contributed by atoms with Crippen LogP contribution in [0.15, 0.2) is 18.6 Å². The Morgan fingerprint density at radius 2 is 2.05 bits per heavy atom. The van der Waals surface area contributed by atoms with Crippen LogP contribution >= 0.6 is 0 Å². The van der Waals surface area contributed by atoms with Crippen LogP contribution in [0, 0.1) is 0 Å². The molecule has 1 aliphatic heterocycles. The standard InChI is InChI=1S/C12H17N5O3/c18-11(19)8-16-3-5-17(6-4-16)12(20)14-7-10-1-2-13-9-15-10/h1-2,9H,3-8H2,(H,14,20)(H,18,19). The van der Waals surface area contributed by atoms with E-state index < -0.39 is 5.97 Å². The third-order valence-electron chi connectivity index (χ3n) is 3.08. The summed E-state index contributed by atoms with van der Waals surface area (Å²) in [6.45, 7) is 2.60. The molecule has 0 aliphatic carbocycles.